The summed E-state index contributed by atoms with van der Waals surface area (Å²) in [5.41, 5.74) is 1.00. The van der Waals surface area contributed by atoms with E-state index in [-0.39, 0.29) is 11.5 Å². The summed E-state index contributed by atoms with van der Waals surface area (Å²) in [7, 11) is 1.71. The largest absolute Gasteiger partial charge is 0.373 e. The third kappa shape index (κ3) is 4.35. The lowest BCUT2D eigenvalue weighted by atomic mass is 9.88. The summed E-state index contributed by atoms with van der Waals surface area (Å²) in [6.45, 7) is 10.3. The minimum absolute atomic E-state index is 0.00970. The smallest absolute Gasteiger partial charge is 0.157 e. The average molecular weight is 251 g/mol. The van der Waals surface area contributed by atoms with E-state index in [1.165, 1.54) is 0 Å². The van der Waals surface area contributed by atoms with Crippen LogP contribution in [0, 0.1) is 5.41 Å². The van der Waals surface area contributed by atoms with Gasteiger partial charge in [-0.25, -0.2) is 9.97 Å². The van der Waals surface area contributed by atoms with Crippen molar-refractivity contribution in [2.75, 3.05) is 13.7 Å². The van der Waals surface area contributed by atoms with E-state index in [2.05, 4.69) is 43.0 Å². The number of nitrogens with zero attached hydrogens (tertiary/aromatic N) is 2. The predicted octanol–water partition coefficient (Wildman–Crippen LogP) is 2.71. The molecule has 102 valence electrons. The number of nitrogens with one attached hydrogen (secondary N) is 1. The second kappa shape index (κ2) is 6.81. The summed E-state index contributed by atoms with van der Waals surface area (Å²) < 4.78 is 5.54. The van der Waals surface area contributed by atoms with Crippen molar-refractivity contribution in [3.05, 3.63) is 23.8 Å². The van der Waals surface area contributed by atoms with E-state index in [1.807, 2.05) is 12.3 Å². The highest BCUT2D eigenvalue weighted by atomic mass is 16.5. The van der Waals surface area contributed by atoms with Crippen LogP contribution in [0.2, 0.25) is 0 Å². The van der Waals surface area contributed by atoms with Crippen molar-refractivity contribution < 1.29 is 4.74 Å². The molecular formula is C14H25N3O. The summed E-state index contributed by atoms with van der Waals surface area (Å²) in [5, 5.41) is 3.34. The van der Waals surface area contributed by atoms with E-state index in [9.17, 15) is 0 Å². The lowest BCUT2D eigenvalue weighted by Gasteiger charge is -2.28. The molecule has 1 aromatic rings. The molecule has 0 fully saturated rings. The van der Waals surface area contributed by atoms with Gasteiger partial charge in [0.25, 0.3) is 0 Å². The first-order valence-electron chi connectivity index (χ1n) is 6.54. The SMILES string of the molecule is CCCNCc1ccnc(C(OC)C(C)(C)C)n1. The zero-order valence-corrected chi connectivity index (χ0v) is 12.2. The highest BCUT2D eigenvalue weighted by Gasteiger charge is 2.28. The van der Waals surface area contributed by atoms with Gasteiger partial charge in [-0.05, 0) is 24.4 Å². The van der Waals surface area contributed by atoms with Gasteiger partial charge in [-0.15, -0.1) is 0 Å². The number of rotatable bonds is 6. The van der Waals surface area contributed by atoms with Crippen LogP contribution in [0.15, 0.2) is 12.3 Å². The van der Waals surface area contributed by atoms with Crippen LogP contribution in [0.4, 0.5) is 0 Å². The molecule has 0 saturated carbocycles. The van der Waals surface area contributed by atoms with Gasteiger partial charge >= 0.3 is 0 Å². The van der Waals surface area contributed by atoms with Crippen molar-refractivity contribution in [2.24, 2.45) is 5.41 Å². The molecule has 1 heterocycles. The second-order valence-electron chi connectivity index (χ2n) is 5.56. The van der Waals surface area contributed by atoms with Gasteiger partial charge in [0, 0.05) is 19.9 Å². The first kappa shape index (κ1) is 15.1. The van der Waals surface area contributed by atoms with Crippen molar-refractivity contribution in [3.8, 4) is 0 Å². The predicted molar refractivity (Wildman–Crippen MR) is 73.2 cm³/mol. The van der Waals surface area contributed by atoms with E-state index < -0.39 is 0 Å². The first-order chi connectivity index (χ1) is 8.49. The standard InChI is InChI=1S/C14H25N3O/c1-6-8-15-10-11-7-9-16-13(17-11)12(18-5)14(2,3)4/h7,9,12,15H,6,8,10H2,1-5H3. The molecule has 18 heavy (non-hydrogen) atoms. The van der Waals surface area contributed by atoms with E-state index in [4.69, 9.17) is 4.74 Å². The third-order valence-corrected chi connectivity index (χ3v) is 2.72. The second-order valence-corrected chi connectivity index (χ2v) is 5.56. The lowest BCUT2D eigenvalue weighted by molar-refractivity contribution is 0.00848. The van der Waals surface area contributed by atoms with Gasteiger partial charge in [0.2, 0.25) is 0 Å². The van der Waals surface area contributed by atoms with Gasteiger partial charge in [0.1, 0.15) is 6.10 Å². The van der Waals surface area contributed by atoms with Gasteiger partial charge in [-0.3, -0.25) is 0 Å². The van der Waals surface area contributed by atoms with E-state index in [1.54, 1.807) is 7.11 Å². The maximum atomic E-state index is 5.54. The molecule has 0 saturated heterocycles. The Morgan fingerprint density at radius 3 is 2.67 bits per heavy atom. The van der Waals surface area contributed by atoms with Crippen LogP contribution in [0.5, 0.6) is 0 Å². The molecule has 0 bridgehead atoms. The highest BCUT2D eigenvalue weighted by molar-refractivity contribution is 5.06. The number of aromatic nitrogens is 2. The van der Waals surface area contributed by atoms with Gasteiger partial charge in [0.15, 0.2) is 5.82 Å². The van der Waals surface area contributed by atoms with Crippen molar-refractivity contribution in [2.45, 2.75) is 46.8 Å². The average Bonchev–Trinajstić information content (AvgIpc) is 2.29. The Morgan fingerprint density at radius 1 is 1.39 bits per heavy atom. The van der Waals surface area contributed by atoms with Gasteiger partial charge < -0.3 is 10.1 Å². The lowest BCUT2D eigenvalue weighted by Crippen LogP contribution is -2.23. The molecule has 0 aliphatic carbocycles. The quantitative estimate of drug-likeness (QED) is 0.790. The van der Waals surface area contributed by atoms with Crippen LogP contribution >= 0.6 is 0 Å². The van der Waals surface area contributed by atoms with Crippen LogP contribution in [-0.2, 0) is 11.3 Å². The maximum absolute atomic E-state index is 5.54. The molecule has 0 aromatic carbocycles. The van der Waals surface area contributed by atoms with Gasteiger partial charge in [0.05, 0.1) is 5.69 Å². The minimum Gasteiger partial charge on any atom is -0.373 e. The summed E-state index contributed by atoms with van der Waals surface area (Å²) in [4.78, 5) is 8.92. The summed E-state index contributed by atoms with van der Waals surface area (Å²) in [6.07, 6.45) is 2.85. The summed E-state index contributed by atoms with van der Waals surface area (Å²) in [6, 6.07) is 1.95. The highest BCUT2D eigenvalue weighted by Crippen LogP contribution is 2.33. The fourth-order valence-electron chi connectivity index (χ4n) is 1.88. The zero-order valence-electron chi connectivity index (χ0n) is 12.2. The Hall–Kier alpha value is -1.00. The Balaban J connectivity index is 2.80. The van der Waals surface area contributed by atoms with E-state index >= 15 is 0 Å². The molecule has 1 aromatic heterocycles. The van der Waals surface area contributed by atoms with E-state index in [0.717, 1.165) is 31.0 Å². The summed E-state index contributed by atoms with van der Waals surface area (Å²) >= 11 is 0. The monoisotopic (exact) mass is 251 g/mol. The Bertz CT molecular complexity index is 360. The zero-order chi connectivity index (χ0) is 13.6. The fourth-order valence-corrected chi connectivity index (χ4v) is 1.88. The molecule has 0 aliphatic heterocycles. The van der Waals surface area contributed by atoms with Crippen molar-refractivity contribution in [1.82, 2.24) is 15.3 Å². The van der Waals surface area contributed by atoms with Crippen molar-refractivity contribution >= 4 is 0 Å². The normalized spacial score (nSPS) is 13.6. The number of methoxy groups -OCH3 is 1. The maximum Gasteiger partial charge on any atom is 0.157 e. The van der Waals surface area contributed by atoms with Crippen LogP contribution in [0.1, 0.15) is 51.7 Å². The molecular weight excluding hydrogens is 226 g/mol. The van der Waals surface area contributed by atoms with Crippen LogP contribution in [0.25, 0.3) is 0 Å². The van der Waals surface area contributed by atoms with Crippen LogP contribution < -0.4 is 5.32 Å². The Kier molecular flexibility index (Phi) is 5.69. The van der Waals surface area contributed by atoms with Gasteiger partial charge in [-0.2, -0.15) is 0 Å². The first-order valence-corrected chi connectivity index (χ1v) is 6.54. The molecule has 1 atom stereocenters. The van der Waals surface area contributed by atoms with Crippen LogP contribution in [0.3, 0.4) is 0 Å². The fraction of sp³-hybridized carbons (Fsp3) is 0.714. The molecule has 1 unspecified atom stereocenters. The van der Waals surface area contributed by atoms with Crippen molar-refractivity contribution in [3.63, 3.8) is 0 Å². The number of hydrogen-bond donors (Lipinski definition) is 1. The van der Waals surface area contributed by atoms with Crippen LogP contribution in [-0.4, -0.2) is 23.6 Å². The van der Waals surface area contributed by atoms with Gasteiger partial charge in [-0.1, -0.05) is 27.7 Å². The molecule has 0 radical (unpaired) electrons. The number of ether oxygens (including phenoxy) is 1. The molecule has 1 rings (SSSR count). The molecule has 1 N–H and O–H groups in total. The molecule has 4 nitrogen and oxygen atoms in total. The summed E-state index contributed by atoms with van der Waals surface area (Å²) in [5.74, 6) is 0.765. The third-order valence-electron chi connectivity index (χ3n) is 2.72. The van der Waals surface area contributed by atoms with Crippen molar-refractivity contribution in [1.29, 1.82) is 0 Å². The van der Waals surface area contributed by atoms with E-state index in [0.29, 0.717) is 0 Å². The topological polar surface area (TPSA) is 47.0 Å². The molecule has 0 aliphatic rings. The molecule has 4 heteroatoms. The number of hydrogen-bond acceptors (Lipinski definition) is 4. The molecule has 0 spiro atoms. The molecule has 0 amide bonds. The Morgan fingerprint density at radius 2 is 2.11 bits per heavy atom. The Labute approximate surface area is 110 Å². The minimum atomic E-state index is -0.0800.